The molecule has 3 rings (SSSR count). The lowest BCUT2D eigenvalue weighted by atomic mass is 10.1. The van der Waals surface area contributed by atoms with E-state index in [1.54, 1.807) is 18.2 Å². The molecule has 0 bridgehead atoms. The fourth-order valence-corrected chi connectivity index (χ4v) is 3.21. The van der Waals surface area contributed by atoms with Crippen LogP contribution in [0.3, 0.4) is 0 Å². The molecule has 1 saturated heterocycles. The van der Waals surface area contributed by atoms with Gasteiger partial charge >= 0.3 is 0 Å². The summed E-state index contributed by atoms with van der Waals surface area (Å²) >= 11 is 0. The van der Waals surface area contributed by atoms with E-state index in [9.17, 15) is 9.59 Å². The van der Waals surface area contributed by atoms with Gasteiger partial charge < -0.3 is 25.4 Å². The Morgan fingerprint density at radius 2 is 2.03 bits per heavy atom. The number of hydrogen-bond acceptors (Lipinski definition) is 5. The van der Waals surface area contributed by atoms with E-state index in [4.69, 9.17) is 9.47 Å². The molecule has 2 aromatic rings. The van der Waals surface area contributed by atoms with E-state index in [0.717, 1.165) is 25.9 Å². The lowest BCUT2D eigenvalue weighted by Crippen LogP contribution is -2.31. The number of hydrogen-bond donors (Lipinski definition) is 3. The van der Waals surface area contributed by atoms with Crippen molar-refractivity contribution in [3.05, 3.63) is 54.1 Å². The molecule has 3 N–H and O–H groups in total. The highest BCUT2D eigenvalue weighted by Crippen LogP contribution is 2.25. The standard InChI is InChI=1S/C24H31N3O4/c1-3-17(2)26-24(29)18-8-6-9-19(14-18)25-15-23(28)27-21-11-4-5-12-22(21)31-16-20-10-7-13-30-20/h4-6,8-9,11-12,14,17,20,25H,3,7,10,13,15-16H2,1-2H3,(H,26,29)(H,27,28). The molecule has 0 aliphatic carbocycles. The van der Waals surface area contributed by atoms with Crippen LogP contribution in [0.2, 0.25) is 0 Å². The number of anilines is 2. The van der Waals surface area contributed by atoms with Gasteiger partial charge in [-0.1, -0.05) is 25.1 Å². The van der Waals surface area contributed by atoms with Crippen LogP contribution in [0, 0.1) is 0 Å². The van der Waals surface area contributed by atoms with Crippen molar-refractivity contribution in [3.8, 4) is 5.75 Å². The zero-order chi connectivity index (χ0) is 22.1. The lowest BCUT2D eigenvalue weighted by Gasteiger charge is -2.15. The predicted octanol–water partition coefficient (Wildman–Crippen LogP) is 3.82. The number of carbonyl (C=O) groups excluding carboxylic acids is 2. The van der Waals surface area contributed by atoms with Gasteiger partial charge in [0, 0.05) is 23.9 Å². The third-order valence-electron chi connectivity index (χ3n) is 5.18. The molecular weight excluding hydrogens is 394 g/mol. The first-order valence-corrected chi connectivity index (χ1v) is 10.8. The lowest BCUT2D eigenvalue weighted by molar-refractivity contribution is -0.114. The summed E-state index contributed by atoms with van der Waals surface area (Å²) in [6.07, 6.45) is 3.02. The summed E-state index contributed by atoms with van der Waals surface area (Å²) < 4.78 is 11.4. The maximum atomic E-state index is 12.5. The maximum Gasteiger partial charge on any atom is 0.251 e. The molecular formula is C24H31N3O4. The predicted molar refractivity (Wildman–Crippen MR) is 122 cm³/mol. The van der Waals surface area contributed by atoms with E-state index in [1.807, 2.05) is 44.2 Å². The second-order valence-corrected chi connectivity index (χ2v) is 7.71. The molecule has 2 atom stereocenters. The normalized spacial score (nSPS) is 16.4. The van der Waals surface area contributed by atoms with Crippen LogP contribution in [0.25, 0.3) is 0 Å². The van der Waals surface area contributed by atoms with Gasteiger partial charge in [0.25, 0.3) is 5.91 Å². The molecule has 1 aliphatic heterocycles. The molecule has 7 nitrogen and oxygen atoms in total. The summed E-state index contributed by atoms with van der Waals surface area (Å²) in [5.74, 6) is 0.289. The van der Waals surface area contributed by atoms with Gasteiger partial charge in [-0.3, -0.25) is 9.59 Å². The summed E-state index contributed by atoms with van der Waals surface area (Å²) in [7, 11) is 0. The Morgan fingerprint density at radius 3 is 2.81 bits per heavy atom. The third-order valence-corrected chi connectivity index (χ3v) is 5.18. The first-order chi connectivity index (χ1) is 15.0. The fourth-order valence-electron chi connectivity index (χ4n) is 3.21. The van der Waals surface area contributed by atoms with Gasteiger partial charge in [-0.15, -0.1) is 0 Å². The Bertz CT molecular complexity index is 881. The average molecular weight is 426 g/mol. The number of carbonyl (C=O) groups is 2. The number of benzene rings is 2. The first kappa shape index (κ1) is 22.6. The second kappa shape index (κ2) is 11.4. The van der Waals surface area contributed by atoms with Gasteiger partial charge in [-0.25, -0.2) is 0 Å². The molecule has 166 valence electrons. The third kappa shape index (κ3) is 7.00. The van der Waals surface area contributed by atoms with Crippen molar-refractivity contribution in [1.29, 1.82) is 0 Å². The van der Waals surface area contributed by atoms with Crippen molar-refractivity contribution in [1.82, 2.24) is 5.32 Å². The molecule has 31 heavy (non-hydrogen) atoms. The van der Waals surface area contributed by atoms with Crippen LogP contribution < -0.4 is 20.7 Å². The molecule has 2 aromatic carbocycles. The average Bonchev–Trinajstić information content (AvgIpc) is 3.31. The maximum absolute atomic E-state index is 12.5. The van der Waals surface area contributed by atoms with Crippen LogP contribution in [0.4, 0.5) is 11.4 Å². The number of rotatable bonds is 10. The van der Waals surface area contributed by atoms with Crippen LogP contribution in [-0.4, -0.2) is 43.7 Å². The minimum absolute atomic E-state index is 0.0660. The van der Waals surface area contributed by atoms with Gasteiger partial charge in [0.15, 0.2) is 0 Å². The van der Waals surface area contributed by atoms with E-state index in [0.29, 0.717) is 29.3 Å². The highest BCUT2D eigenvalue weighted by atomic mass is 16.5. The largest absolute Gasteiger partial charge is 0.489 e. The molecule has 0 radical (unpaired) electrons. The summed E-state index contributed by atoms with van der Waals surface area (Å²) in [4.78, 5) is 24.8. The van der Waals surface area contributed by atoms with Gasteiger partial charge in [0.05, 0.1) is 18.3 Å². The smallest absolute Gasteiger partial charge is 0.251 e. The van der Waals surface area contributed by atoms with Crippen LogP contribution in [0.5, 0.6) is 5.75 Å². The Balaban J connectivity index is 1.52. The quantitative estimate of drug-likeness (QED) is 0.539. The highest BCUT2D eigenvalue weighted by molar-refractivity contribution is 5.96. The second-order valence-electron chi connectivity index (χ2n) is 7.71. The van der Waals surface area contributed by atoms with E-state index in [2.05, 4.69) is 16.0 Å². The zero-order valence-electron chi connectivity index (χ0n) is 18.1. The van der Waals surface area contributed by atoms with Crippen LogP contribution in [0.1, 0.15) is 43.5 Å². The first-order valence-electron chi connectivity index (χ1n) is 10.8. The molecule has 1 fully saturated rings. The molecule has 0 spiro atoms. The summed E-state index contributed by atoms with van der Waals surface area (Å²) in [6.45, 7) is 5.30. The molecule has 2 unspecified atom stereocenters. The van der Waals surface area contributed by atoms with E-state index in [-0.39, 0.29) is 30.5 Å². The SMILES string of the molecule is CCC(C)NC(=O)c1cccc(NCC(=O)Nc2ccccc2OCC2CCCO2)c1. The van der Waals surface area contributed by atoms with Gasteiger partial charge in [-0.2, -0.15) is 0 Å². The minimum atomic E-state index is -0.206. The number of nitrogens with one attached hydrogen (secondary N) is 3. The fraction of sp³-hybridized carbons (Fsp3) is 0.417. The van der Waals surface area contributed by atoms with Gasteiger partial charge in [-0.05, 0) is 56.5 Å². The van der Waals surface area contributed by atoms with Gasteiger partial charge in [0.1, 0.15) is 12.4 Å². The Labute approximate surface area is 183 Å². The zero-order valence-corrected chi connectivity index (χ0v) is 18.1. The summed E-state index contributed by atoms with van der Waals surface area (Å²) in [6, 6.07) is 14.6. The highest BCUT2D eigenvalue weighted by Gasteiger charge is 2.17. The monoisotopic (exact) mass is 425 g/mol. The van der Waals surface area contributed by atoms with E-state index < -0.39 is 0 Å². The van der Waals surface area contributed by atoms with Crippen LogP contribution in [-0.2, 0) is 9.53 Å². The summed E-state index contributed by atoms with van der Waals surface area (Å²) in [5.41, 5.74) is 1.88. The Kier molecular flexibility index (Phi) is 8.29. The topological polar surface area (TPSA) is 88.7 Å². The minimum Gasteiger partial charge on any atom is -0.489 e. The molecule has 7 heteroatoms. The Hall–Kier alpha value is -3.06. The van der Waals surface area contributed by atoms with Crippen molar-refractivity contribution in [3.63, 3.8) is 0 Å². The van der Waals surface area contributed by atoms with E-state index in [1.165, 1.54) is 0 Å². The molecule has 0 saturated carbocycles. The van der Waals surface area contributed by atoms with Crippen molar-refractivity contribution in [2.75, 3.05) is 30.4 Å². The van der Waals surface area contributed by atoms with Crippen molar-refractivity contribution < 1.29 is 19.1 Å². The van der Waals surface area contributed by atoms with Crippen molar-refractivity contribution in [2.24, 2.45) is 0 Å². The Morgan fingerprint density at radius 1 is 1.19 bits per heavy atom. The molecule has 1 aliphatic rings. The number of para-hydroxylation sites is 2. The van der Waals surface area contributed by atoms with Crippen LogP contribution >= 0.6 is 0 Å². The van der Waals surface area contributed by atoms with Gasteiger partial charge in [0.2, 0.25) is 5.91 Å². The molecule has 1 heterocycles. The molecule has 0 aromatic heterocycles. The number of ether oxygens (including phenoxy) is 2. The van der Waals surface area contributed by atoms with E-state index >= 15 is 0 Å². The van der Waals surface area contributed by atoms with Crippen LogP contribution in [0.15, 0.2) is 48.5 Å². The van der Waals surface area contributed by atoms with Crippen molar-refractivity contribution >= 4 is 23.2 Å². The number of amides is 2. The molecule has 2 amide bonds. The summed E-state index contributed by atoms with van der Waals surface area (Å²) in [5, 5.41) is 8.89. The van der Waals surface area contributed by atoms with Crippen molar-refractivity contribution in [2.45, 2.75) is 45.3 Å².